The Morgan fingerprint density at radius 1 is 1.44 bits per heavy atom. The Morgan fingerprint density at radius 3 is 2.61 bits per heavy atom. The molecule has 1 rings (SSSR count). The van der Waals surface area contributed by atoms with Crippen LogP contribution in [0, 0.1) is 0 Å². The van der Waals surface area contributed by atoms with Gasteiger partial charge in [0.05, 0.1) is 18.3 Å². The van der Waals surface area contributed by atoms with Gasteiger partial charge in [0.25, 0.3) is 0 Å². The first-order chi connectivity index (χ1) is 8.39. The summed E-state index contributed by atoms with van der Waals surface area (Å²) in [7, 11) is 1.55. The second-order valence-corrected chi connectivity index (χ2v) is 4.56. The first-order valence-corrected chi connectivity index (χ1v) is 5.94. The fraction of sp³-hybridized carbons (Fsp3) is 0.500. The van der Waals surface area contributed by atoms with Crippen LogP contribution >= 0.6 is 0 Å². The number of carbonyl (C=O) groups excluding carboxylic acids is 1. The third kappa shape index (κ3) is 3.74. The molecule has 100 valence electrons. The minimum absolute atomic E-state index is 0.0798. The number of aliphatic hydroxyl groups is 1. The normalized spacial score (nSPS) is 13.8. The van der Waals surface area contributed by atoms with Crippen molar-refractivity contribution in [2.24, 2.45) is 0 Å². The standard InChI is InChI=1S/C14H20O4/c1-5-14(3,16)9-18-13-8-11(17-4)6-7-12(13)10(2)15/h6-8,16H,5,9H2,1-4H3. The van der Waals surface area contributed by atoms with Gasteiger partial charge < -0.3 is 14.6 Å². The Morgan fingerprint density at radius 2 is 2.11 bits per heavy atom. The quantitative estimate of drug-likeness (QED) is 0.790. The highest BCUT2D eigenvalue weighted by Gasteiger charge is 2.20. The van der Waals surface area contributed by atoms with Crippen molar-refractivity contribution in [2.45, 2.75) is 32.8 Å². The molecule has 4 heteroatoms. The van der Waals surface area contributed by atoms with E-state index in [2.05, 4.69) is 0 Å². The molecule has 1 aromatic carbocycles. The van der Waals surface area contributed by atoms with Crippen molar-refractivity contribution in [3.63, 3.8) is 0 Å². The zero-order valence-corrected chi connectivity index (χ0v) is 11.3. The third-order valence-electron chi connectivity index (χ3n) is 2.87. The van der Waals surface area contributed by atoms with Crippen LogP contribution in [0.25, 0.3) is 0 Å². The van der Waals surface area contributed by atoms with Crippen molar-refractivity contribution < 1.29 is 19.4 Å². The van der Waals surface area contributed by atoms with Crippen LogP contribution in [-0.2, 0) is 0 Å². The fourth-order valence-corrected chi connectivity index (χ4v) is 1.38. The number of ether oxygens (including phenoxy) is 2. The third-order valence-corrected chi connectivity index (χ3v) is 2.87. The molecule has 0 aliphatic heterocycles. The van der Waals surface area contributed by atoms with Crippen molar-refractivity contribution in [3.8, 4) is 11.5 Å². The SMILES string of the molecule is CCC(C)(O)COc1cc(OC)ccc1C(C)=O. The number of ketones is 1. The van der Waals surface area contributed by atoms with Gasteiger partial charge in [-0.25, -0.2) is 0 Å². The lowest BCUT2D eigenvalue weighted by molar-refractivity contribution is 0.00813. The first-order valence-electron chi connectivity index (χ1n) is 5.94. The molecule has 0 radical (unpaired) electrons. The molecule has 0 bridgehead atoms. The van der Waals surface area contributed by atoms with E-state index in [1.165, 1.54) is 6.92 Å². The summed E-state index contributed by atoms with van der Waals surface area (Å²) >= 11 is 0. The summed E-state index contributed by atoms with van der Waals surface area (Å²) < 4.78 is 10.6. The first kappa shape index (κ1) is 14.5. The lowest BCUT2D eigenvalue weighted by Crippen LogP contribution is -2.31. The van der Waals surface area contributed by atoms with Crippen LogP contribution < -0.4 is 9.47 Å². The van der Waals surface area contributed by atoms with E-state index in [1.807, 2.05) is 6.92 Å². The number of hydrogen-bond acceptors (Lipinski definition) is 4. The predicted octanol–water partition coefficient (Wildman–Crippen LogP) is 2.44. The fourth-order valence-electron chi connectivity index (χ4n) is 1.38. The molecular formula is C14H20O4. The molecule has 0 fully saturated rings. The molecule has 0 aromatic heterocycles. The monoisotopic (exact) mass is 252 g/mol. The Kier molecular flexibility index (Phi) is 4.73. The number of Topliss-reactive ketones (excluding diaryl/α,β-unsaturated/α-hetero) is 1. The van der Waals surface area contributed by atoms with Crippen molar-refractivity contribution >= 4 is 5.78 Å². The van der Waals surface area contributed by atoms with Gasteiger partial charge in [0.15, 0.2) is 5.78 Å². The summed E-state index contributed by atoms with van der Waals surface area (Å²) in [6.45, 7) is 5.19. The molecule has 1 aromatic rings. The van der Waals surface area contributed by atoms with E-state index in [4.69, 9.17) is 9.47 Å². The van der Waals surface area contributed by atoms with E-state index in [9.17, 15) is 9.90 Å². The van der Waals surface area contributed by atoms with Crippen LogP contribution in [0.2, 0.25) is 0 Å². The maximum absolute atomic E-state index is 11.5. The molecule has 18 heavy (non-hydrogen) atoms. The van der Waals surface area contributed by atoms with Gasteiger partial charge in [0.1, 0.15) is 18.1 Å². The van der Waals surface area contributed by atoms with Crippen molar-refractivity contribution in [2.75, 3.05) is 13.7 Å². The maximum Gasteiger partial charge on any atom is 0.163 e. The molecular weight excluding hydrogens is 232 g/mol. The summed E-state index contributed by atoms with van der Waals surface area (Å²) in [5.74, 6) is 0.977. The summed E-state index contributed by atoms with van der Waals surface area (Å²) in [6, 6.07) is 5.03. The lowest BCUT2D eigenvalue weighted by atomic mass is 10.1. The average molecular weight is 252 g/mol. The average Bonchev–Trinajstić information content (AvgIpc) is 2.36. The van der Waals surface area contributed by atoms with Gasteiger partial charge in [-0.05, 0) is 32.4 Å². The van der Waals surface area contributed by atoms with Gasteiger partial charge >= 0.3 is 0 Å². The van der Waals surface area contributed by atoms with Gasteiger partial charge in [-0.15, -0.1) is 0 Å². The molecule has 0 aliphatic carbocycles. The van der Waals surface area contributed by atoms with Gasteiger partial charge in [-0.1, -0.05) is 6.92 Å². The number of carbonyl (C=O) groups is 1. The highest BCUT2D eigenvalue weighted by Crippen LogP contribution is 2.26. The van der Waals surface area contributed by atoms with E-state index in [0.717, 1.165) is 0 Å². The topological polar surface area (TPSA) is 55.8 Å². The van der Waals surface area contributed by atoms with E-state index in [0.29, 0.717) is 23.5 Å². The number of rotatable bonds is 6. The molecule has 0 aliphatic rings. The molecule has 0 saturated carbocycles. The summed E-state index contributed by atoms with van der Waals surface area (Å²) in [5, 5.41) is 9.90. The van der Waals surface area contributed by atoms with Crippen molar-refractivity contribution in [3.05, 3.63) is 23.8 Å². The van der Waals surface area contributed by atoms with Crippen LogP contribution in [0.15, 0.2) is 18.2 Å². The van der Waals surface area contributed by atoms with Crippen LogP contribution in [-0.4, -0.2) is 30.2 Å². The second kappa shape index (κ2) is 5.87. The zero-order valence-electron chi connectivity index (χ0n) is 11.3. The molecule has 1 atom stereocenters. The van der Waals surface area contributed by atoms with Gasteiger partial charge in [-0.2, -0.15) is 0 Å². The Balaban J connectivity index is 2.94. The summed E-state index contributed by atoms with van der Waals surface area (Å²) in [5.41, 5.74) is -0.417. The van der Waals surface area contributed by atoms with Crippen molar-refractivity contribution in [1.82, 2.24) is 0 Å². The van der Waals surface area contributed by atoms with Gasteiger partial charge in [0, 0.05) is 6.07 Å². The Hall–Kier alpha value is -1.55. The van der Waals surface area contributed by atoms with Gasteiger partial charge in [-0.3, -0.25) is 4.79 Å². The second-order valence-electron chi connectivity index (χ2n) is 4.56. The minimum atomic E-state index is -0.906. The van der Waals surface area contributed by atoms with E-state index < -0.39 is 5.60 Å². The number of hydrogen-bond donors (Lipinski definition) is 1. The smallest absolute Gasteiger partial charge is 0.163 e. The molecule has 1 N–H and O–H groups in total. The molecule has 0 saturated heterocycles. The largest absolute Gasteiger partial charge is 0.497 e. The molecule has 0 heterocycles. The van der Waals surface area contributed by atoms with Gasteiger partial charge in [0.2, 0.25) is 0 Å². The summed E-state index contributed by atoms with van der Waals surface area (Å²) in [4.78, 5) is 11.5. The van der Waals surface area contributed by atoms with Crippen LogP contribution in [0.5, 0.6) is 11.5 Å². The molecule has 0 spiro atoms. The molecule has 4 nitrogen and oxygen atoms in total. The maximum atomic E-state index is 11.5. The minimum Gasteiger partial charge on any atom is -0.497 e. The highest BCUT2D eigenvalue weighted by molar-refractivity contribution is 5.97. The van der Waals surface area contributed by atoms with Crippen LogP contribution in [0.4, 0.5) is 0 Å². The van der Waals surface area contributed by atoms with E-state index >= 15 is 0 Å². The van der Waals surface area contributed by atoms with Crippen LogP contribution in [0.3, 0.4) is 0 Å². The highest BCUT2D eigenvalue weighted by atomic mass is 16.5. The molecule has 0 amide bonds. The lowest BCUT2D eigenvalue weighted by Gasteiger charge is -2.22. The van der Waals surface area contributed by atoms with Crippen molar-refractivity contribution in [1.29, 1.82) is 0 Å². The summed E-state index contributed by atoms with van der Waals surface area (Å²) in [6.07, 6.45) is 0.576. The number of methoxy groups -OCH3 is 1. The van der Waals surface area contributed by atoms with E-state index in [1.54, 1.807) is 32.2 Å². The predicted molar refractivity (Wildman–Crippen MR) is 69.4 cm³/mol. The van der Waals surface area contributed by atoms with Crippen LogP contribution in [0.1, 0.15) is 37.6 Å². The Bertz CT molecular complexity index is 424. The molecule has 1 unspecified atom stereocenters. The number of benzene rings is 1. The zero-order chi connectivity index (χ0) is 13.8. The Labute approximate surface area is 108 Å². The van der Waals surface area contributed by atoms with E-state index in [-0.39, 0.29) is 12.4 Å².